The highest BCUT2D eigenvalue weighted by atomic mass is 19.4. The van der Waals surface area contributed by atoms with Crippen LogP contribution in [0.4, 0.5) is 50.0 Å². The van der Waals surface area contributed by atoms with E-state index in [1.807, 2.05) is 0 Å². The lowest BCUT2D eigenvalue weighted by Crippen LogP contribution is -2.44. The average molecular weight is 500 g/mol. The van der Waals surface area contributed by atoms with Gasteiger partial charge in [0.1, 0.15) is 0 Å². The first kappa shape index (κ1) is 25.7. The molecule has 0 spiro atoms. The predicted molar refractivity (Wildman–Crippen MR) is 102 cm³/mol. The van der Waals surface area contributed by atoms with Crippen molar-refractivity contribution in [2.24, 2.45) is 5.73 Å². The van der Waals surface area contributed by atoms with Gasteiger partial charge in [0, 0.05) is 18.0 Å². The minimum atomic E-state index is -5.14. The first-order valence-electron chi connectivity index (χ1n) is 9.69. The predicted octanol–water partition coefficient (Wildman–Crippen LogP) is 6.80. The number of alkyl halides is 9. The van der Waals surface area contributed by atoms with E-state index in [2.05, 4.69) is 0 Å². The summed E-state index contributed by atoms with van der Waals surface area (Å²) in [6.07, 6.45) is -16.8. The number of hydrogen-bond donors (Lipinski definition) is 2. The van der Waals surface area contributed by atoms with E-state index in [0.29, 0.717) is 24.3 Å². The van der Waals surface area contributed by atoms with E-state index in [1.54, 1.807) is 0 Å². The molecule has 0 radical (unpaired) electrons. The van der Waals surface area contributed by atoms with Crippen LogP contribution in [0.5, 0.6) is 0 Å². The van der Waals surface area contributed by atoms with Gasteiger partial charge in [-0.25, -0.2) is 4.79 Å². The standard InChI is InChI=1S/C21H17F9N2O2/c1-9-4-15(14-8-11(19(22,23)24)2-3-16(14)32(9)18(33)34)17(31)10-5-12(20(25,26)27)7-13(6-10)21(28,29)30/h2-3,5-9,15,17H,4,31H2,1H3,(H,33,34). The number of nitrogens with two attached hydrogens (primary N) is 1. The second kappa shape index (κ2) is 8.36. The Bertz CT molecular complexity index is 1060. The van der Waals surface area contributed by atoms with Crippen LogP contribution in [0.25, 0.3) is 0 Å². The molecule has 1 aliphatic heterocycles. The van der Waals surface area contributed by atoms with Crippen LogP contribution < -0.4 is 10.6 Å². The summed E-state index contributed by atoms with van der Waals surface area (Å²) >= 11 is 0. The number of benzene rings is 2. The molecule has 2 aromatic carbocycles. The molecule has 0 saturated heterocycles. The molecule has 3 unspecified atom stereocenters. The maximum Gasteiger partial charge on any atom is 0.416 e. The van der Waals surface area contributed by atoms with E-state index in [1.165, 1.54) is 6.92 Å². The van der Waals surface area contributed by atoms with Crippen molar-refractivity contribution < 1.29 is 49.4 Å². The van der Waals surface area contributed by atoms with E-state index >= 15 is 0 Å². The average Bonchev–Trinajstić information content (AvgIpc) is 2.69. The van der Waals surface area contributed by atoms with Gasteiger partial charge in [0.05, 0.1) is 22.4 Å². The molecule has 0 aliphatic carbocycles. The summed E-state index contributed by atoms with van der Waals surface area (Å²) in [4.78, 5) is 12.5. The molecule has 0 aromatic heterocycles. The summed E-state index contributed by atoms with van der Waals surface area (Å²) in [5, 5.41) is 9.50. The zero-order chi connectivity index (χ0) is 25.8. The molecule has 0 bridgehead atoms. The third-order valence-corrected chi connectivity index (χ3v) is 5.68. The lowest BCUT2D eigenvalue weighted by molar-refractivity contribution is -0.143. The van der Waals surface area contributed by atoms with Crippen LogP contribution in [0, 0.1) is 0 Å². The van der Waals surface area contributed by atoms with E-state index in [-0.39, 0.29) is 23.7 Å². The van der Waals surface area contributed by atoms with Crippen LogP contribution in [0.15, 0.2) is 36.4 Å². The number of rotatable bonds is 2. The highest BCUT2D eigenvalue weighted by Crippen LogP contribution is 2.47. The Hall–Kier alpha value is -2.96. The molecular formula is C21H17F9N2O2. The largest absolute Gasteiger partial charge is 0.465 e. The topological polar surface area (TPSA) is 66.6 Å². The van der Waals surface area contributed by atoms with E-state index in [9.17, 15) is 49.4 Å². The first-order chi connectivity index (χ1) is 15.4. The molecule has 186 valence electrons. The fourth-order valence-corrected chi connectivity index (χ4v) is 4.12. The van der Waals surface area contributed by atoms with E-state index in [0.717, 1.165) is 11.0 Å². The quantitative estimate of drug-likeness (QED) is 0.446. The Morgan fingerprint density at radius 2 is 1.41 bits per heavy atom. The van der Waals surface area contributed by atoms with Gasteiger partial charge < -0.3 is 10.8 Å². The molecule has 0 saturated carbocycles. The number of halogens is 9. The molecule has 3 N–H and O–H groups in total. The highest BCUT2D eigenvalue weighted by molar-refractivity contribution is 5.89. The molecule has 34 heavy (non-hydrogen) atoms. The number of hydrogen-bond acceptors (Lipinski definition) is 2. The van der Waals surface area contributed by atoms with Gasteiger partial charge in [-0.05, 0) is 60.9 Å². The summed E-state index contributed by atoms with van der Waals surface area (Å²) in [5.41, 5.74) is 0.660. The lowest BCUT2D eigenvalue weighted by atomic mass is 9.78. The zero-order valence-electron chi connectivity index (χ0n) is 17.2. The Morgan fingerprint density at radius 1 is 0.912 bits per heavy atom. The van der Waals surface area contributed by atoms with E-state index in [4.69, 9.17) is 5.73 Å². The highest BCUT2D eigenvalue weighted by Gasteiger charge is 2.42. The van der Waals surface area contributed by atoms with Gasteiger partial charge in [-0.3, -0.25) is 4.90 Å². The van der Waals surface area contributed by atoms with Crippen LogP contribution in [0.3, 0.4) is 0 Å². The Labute approximate surface area is 186 Å². The third-order valence-electron chi connectivity index (χ3n) is 5.68. The second-order valence-corrected chi connectivity index (χ2v) is 7.98. The van der Waals surface area contributed by atoms with Crippen molar-refractivity contribution in [3.63, 3.8) is 0 Å². The number of nitrogens with zero attached hydrogens (tertiary/aromatic N) is 1. The van der Waals surface area contributed by atoms with Crippen LogP contribution in [0.1, 0.15) is 53.1 Å². The van der Waals surface area contributed by atoms with Gasteiger partial charge >= 0.3 is 24.6 Å². The van der Waals surface area contributed by atoms with Crippen molar-refractivity contribution in [2.45, 2.75) is 49.9 Å². The summed E-state index contributed by atoms with van der Waals surface area (Å²) in [6.45, 7) is 1.40. The zero-order valence-corrected chi connectivity index (χ0v) is 17.2. The van der Waals surface area contributed by atoms with Gasteiger partial charge in [0.25, 0.3) is 0 Å². The molecule has 4 nitrogen and oxygen atoms in total. The third kappa shape index (κ3) is 4.93. The fourth-order valence-electron chi connectivity index (χ4n) is 4.12. The molecule has 13 heteroatoms. The van der Waals surface area contributed by atoms with Crippen molar-refractivity contribution in [1.29, 1.82) is 0 Å². The molecular weight excluding hydrogens is 483 g/mol. The van der Waals surface area contributed by atoms with Crippen LogP contribution in [-0.4, -0.2) is 17.2 Å². The summed E-state index contributed by atoms with van der Waals surface area (Å²) in [7, 11) is 0. The monoisotopic (exact) mass is 500 g/mol. The lowest BCUT2D eigenvalue weighted by Gasteiger charge is -2.40. The van der Waals surface area contributed by atoms with Crippen LogP contribution in [0.2, 0.25) is 0 Å². The maximum absolute atomic E-state index is 13.3. The van der Waals surface area contributed by atoms with Gasteiger partial charge in [0.2, 0.25) is 0 Å². The molecule has 3 atom stereocenters. The van der Waals surface area contributed by atoms with Crippen molar-refractivity contribution >= 4 is 11.8 Å². The number of carbonyl (C=O) groups is 1. The normalized spacial score (nSPS) is 20.1. The first-order valence-corrected chi connectivity index (χ1v) is 9.69. The van der Waals surface area contributed by atoms with Gasteiger partial charge in [-0.2, -0.15) is 39.5 Å². The number of fused-ring (bicyclic) bond motifs is 1. The number of carboxylic acid groups (broad SMARTS) is 1. The summed E-state index contributed by atoms with van der Waals surface area (Å²) in [5.74, 6) is -1.20. The van der Waals surface area contributed by atoms with Crippen LogP contribution in [-0.2, 0) is 18.5 Å². The Kier molecular flexibility index (Phi) is 6.31. The van der Waals surface area contributed by atoms with Crippen LogP contribution >= 0.6 is 0 Å². The molecule has 2 aromatic rings. The SMILES string of the molecule is CC1CC(C(N)c2cc(C(F)(F)F)cc(C(F)(F)F)c2)c2cc(C(F)(F)F)ccc2N1C(=O)O. The van der Waals surface area contributed by atoms with Gasteiger partial charge in [0.15, 0.2) is 0 Å². The maximum atomic E-state index is 13.3. The van der Waals surface area contributed by atoms with Crippen molar-refractivity contribution in [3.8, 4) is 0 Å². The molecule has 0 fully saturated rings. The Morgan fingerprint density at radius 3 is 1.85 bits per heavy atom. The molecule has 3 rings (SSSR count). The van der Waals surface area contributed by atoms with Crippen molar-refractivity contribution in [2.75, 3.05) is 4.90 Å². The summed E-state index contributed by atoms with van der Waals surface area (Å²) < 4.78 is 119. The van der Waals surface area contributed by atoms with Crippen molar-refractivity contribution in [3.05, 3.63) is 64.2 Å². The Balaban J connectivity index is 2.20. The minimum Gasteiger partial charge on any atom is -0.465 e. The minimum absolute atomic E-state index is 0.0818. The number of amides is 1. The van der Waals surface area contributed by atoms with Gasteiger partial charge in [-0.15, -0.1) is 0 Å². The van der Waals surface area contributed by atoms with E-state index < -0.39 is 64.9 Å². The fraction of sp³-hybridized carbons (Fsp3) is 0.381. The van der Waals surface area contributed by atoms with Crippen molar-refractivity contribution in [1.82, 2.24) is 0 Å². The second-order valence-electron chi connectivity index (χ2n) is 7.98. The molecule has 1 amide bonds. The van der Waals surface area contributed by atoms with Gasteiger partial charge in [-0.1, -0.05) is 0 Å². The molecule has 1 heterocycles. The molecule has 1 aliphatic rings. The smallest absolute Gasteiger partial charge is 0.416 e. The summed E-state index contributed by atoms with van der Waals surface area (Å²) in [6, 6.07) is 0.454. The number of anilines is 1.